The highest BCUT2D eigenvalue weighted by molar-refractivity contribution is 7.20. The molecule has 124 valence electrons. The lowest BCUT2D eigenvalue weighted by Crippen LogP contribution is -2.35. The molecule has 0 fully saturated rings. The van der Waals surface area contributed by atoms with Gasteiger partial charge in [0, 0.05) is 18.5 Å². The van der Waals surface area contributed by atoms with Crippen molar-refractivity contribution in [2.24, 2.45) is 0 Å². The lowest BCUT2D eigenvalue weighted by atomic mass is 10.3. The molecular weight excluding hydrogens is 346 g/mol. The molecule has 0 saturated carbocycles. The second-order valence-corrected chi connectivity index (χ2v) is 6.69. The third kappa shape index (κ3) is 4.30. The molecule has 3 rings (SSSR count). The van der Waals surface area contributed by atoms with Crippen molar-refractivity contribution in [3.05, 3.63) is 52.7 Å². The van der Waals surface area contributed by atoms with Gasteiger partial charge in [0.2, 0.25) is 5.91 Å². The molecule has 3 heterocycles. The highest BCUT2D eigenvalue weighted by Gasteiger charge is 2.10. The number of aromatic nitrogens is 1. The average molecular weight is 361 g/mol. The molecule has 24 heavy (non-hydrogen) atoms. The number of rotatable bonds is 7. The van der Waals surface area contributed by atoms with E-state index in [-0.39, 0.29) is 24.0 Å². The van der Waals surface area contributed by atoms with Crippen LogP contribution in [0.15, 0.2) is 45.7 Å². The standard InChI is InChI=1S/C16H15N3O3S2/c20-14(17-5-6-18-15(21)12-3-1-7-22-12)9-11-10-24-16(19-11)13-4-2-8-23-13/h1-4,7-8,10H,5-6,9H2,(H,17,20)(H,18,21). The van der Waals surface area contributed by atoms with Crippen LogP contribution in [0.4, 0.5) is 0 Å². The van der Waals surface area contributed by atoms with Crippen LogP contribution in [0.5, 0.6) is 0 Å². The molecule has 0 aromatic carbocycles. The molecule has 6 nitrogen and oxygen atoms in total. The number of thiophene rings is 1. The van der Waals surface area contributed by atoms with Crippen LogP contribution in [0.2, 0.25) is 0 Å². The monoisotopic (exact) mass is 361 g/mol. The molecule has 0 bridgehead atoms. The SMILES string of the molecule is O=C(Cc1csc(-c2cccs2)n1)NCCNC(=O)c1ccco1. The summed E-state index contributed by atoms with van der Waals surface area (Å²) in [6.45, 7) is 0.690. The summed E-state index contributed by atoms with van der Waals surface area (Å²) < 4.78 is 4.98. The lowest BCUT2D eigenvalue weighted by Gasteiger charge is -2.05. The third-order valence-electron chi connectivity index (χ3n) is 3.10. The summed E-state index contributed by atoms with van der Waals surface area (Å²) in [5.74, 6) is -0.162. The van der Waals surface area contributed by atoms with Crippen LogP contribution in [0.25, 0.3) is 9.88 Å². The average Bonchev–Trinajstić information content (AvgIpc) is 3.32. The molecule has 0 saturated heterocycles. The first-order chi connectivity index (χ1) is 11.7. The molecule has 0 unspecified atom stereocenters. The molecule has 2 N–H and O–H groups in total. The highest BCUT2D eigenvalue weighted by atomic mass is 32.1. The van der Waals surface area contributed by atoms with E-state index in [4.69, 9.17) is 4.42 Å². The predicted molar refractivity (Wildman–Crippen MR) is 93.2 cm³/mol. The molecule has 3 aromatic heterocycles. The predicted octanol–water partition coefficient (Wildman–Crippen LogP) is 2.55. The molecule has 0 spiro atoms. The van der Waals surface area contributed by atoms with E-state index in [1.54, 1.807) is 23.5 Å². The summed E-state index contributed by atoms with van der Waals surface area (Å²) in [6, 6.07) is 7.22. The molecule has 2 amide bonds. The zero-order valence-corrected chi connectivity index (χ0v) is 14.3. The van der Waals surface area contributed by atoms with Crippen molar-refractivity contribution in [2.45, 2.75) is 6.42 Å². The Morgan fingerprint density at radius 3 is 2.75 bits per heavy atom. The molecule has 3 aromatic rings. The van der Waals surface area contributed by atoms with Crippen molar-refractivity contribution in [2.75, 3.05) is 13.1 Å². The van der Waals surface area contributed by atoms with Gasteiger partial charge in [-0.3, -0.25) is 9.59 Å². The van der Waals surface area contributed by atoms with Crippen LogP contribution in [-0.4, -0.2) is 29.9 Å². The van der Waals surface area contributed by atoms with E-state index in [0.717, 1.165) is 15.6 Å². The number of amides is 2. The number of hydrogen-bond acceptors (Lipinski definition) is 6. The van der Waals surface area contributed by atoms with E-state index in [2.05, 4.69) is 15.6 Å². The van der Waals surface area contributed by atoms with Crippen LogP contribution in [0.3, 0.4) is 0 Å². The first-order valence-electron chi connectivity index (χ1n) is 7.29. The van der Waals surface area contributed by atoms with E-state index in [0.29, 0.717) is 13.1 Å². The second kappa shape index (κ2) is 7.89. The van der Waals surface area contributed by atoms with Gasteiger partial charge < -0.3 is 15.1 Å². The Hall–Kier alpha value is -2.45. The van der Waals surface area contributed by atoms with Crippen molar-refractivity contribution in [3.63, 3.8) is 0 Å². The van der Waals surface area contributed by atoms with Crippen LogP contribution >= 0.6 is 22.7 Å². The summed E-state index contributed by atoms with van der Waals surface area (Å²) in [4.78, 5) is 29.1. The Labute approximate surface area is 146 Å². The quantitative estimate of drug-likeness (QED) is 0.634. The fourth-order valence-electron chi connectivity index (χ4n) is 2.00. The Balaban J connectivity index is 1.39. The van der Waals surface area contributed by atoms with E-state index in [1.807, 2.05) is 22.9 Å². The van der Waals surface area contributed by atoms with Crippen LogP contribution in [0, 0.1) is 0 Å². The van der Waals surface area contributed by atoms with Gasteiger partial charge in [-0.25, -0.2) is 4.98 Å². The maximum absolute atomic E-state index is 11.9. The summed E-state index contributed by atoms with van der Waals surface area (Å²) >= 11 is 3.16. The summed E-state index contributed by atoms with van der Waals surface area (Å²) in [5, 5.41) is 10.3. The second-order valence-electron chi connectivity index (χ2n) is 4.88. The Kier molecular flexibility index (Phi) is 5.39. The number of nitrogens with one attached hydrogen (secondary N) is 2. The molecular formula is C16H15N3O3S2. The van der Waals surface area contributed by atoms with Crippen LogP contribution < -0.4 is 10.6 Å². The van der Waals surface area contributed by atoms with Gasteiger partial charge in [0.1, 0.15) is 5.01 Å². The van der Waals surface area contributed by atoms with Gasteiger partial charge in [-0.05, 0) is 23.6 Å². The number of furan rings is 1. The minimum Gasteiger partial charge on any atom is -0.459 e. The number of nitrogens with zero attached hydrogens (tertiary/aromatic N) is 1. The number of carbonyl (C=O) groups is 2. The van der Waals surface area contributed by atoms with Gasteiger partial charge in [-0.2, -0.15) is 0 Å². The Morgan fingerprint density at radius 2 is 2.00 bits per heavy atom. The van der Waals surface area contributed by atoms with Crippen molar-refractivity contribution in [1.29, 1.82) is 0 Å². The molecule has 0 aliphatic carbocycles. The number of carbonyl (C=O) groups excluding carboxylic acids is 2. The molecule has 8 heteroatoms. The van der Waals surface area contributed by atoms with E-state index < -0.39 is 0 Å². The van der Waals surface area contributed by atoms with E-state index >= 15 is 0 Å². The van der Waals surface area contributed by atoms with Gasteiger partial charge in [0.05, 0.1) is 23.3 Å². The summed E-state index contributed by atoms with van der Waals surface area (Å²) in [7, 11) is 0. The van der Waals surface area contributed by atoms with E-state index in [1.165, 1.54) is 17.6 Å². The van der Waals surface area contributed by atoms with Crippen molar-refractivity contribution >= 4 is 34.5 Å². The minimum atomic E-state index is -0.297. The maximum Gasteiger partial charge on any atom is 0.287 e. The zero-order valence-electron chi connectivity index (χ0n) is 12.7. The number of hydrogen-bond donors (Lipinski definition) is 2. The van der Waals surface area contributed by atoms with Crippen molar-refractivity contribution < 1.29 is 14.0 Å². The fourth-order valence-corrected chi connectivity index (χ4v) is 3.64. The molecule has 0 aliphatic heterocycles. The number of thiazole rings is 1. The normalized spacial score (nSPS) is 10.5. The first-order valence-corrected chi connectivity index (χ1v) is 9.05. The Bertz CT molecular complexity index is 795. The topological polar surface area (TPSA) is 84.2 Å². The smallest absolute Gasteiger partial charge is 0.287 e. The van der Waals surface area contributed by atoms with Crippen LogP contribution in [-0.2, 0) is 11.2 Å². The van der Waals surface area contributed by atoms with Crippen molar-refractivity contribution in [1.82, 2.24) is 15.6 Å². The van der Waals surface area contributed by atoms with Gasteiger partial charge in [-0.1, -0.05) is 6.07 Å². The van der Waals surface area contributed by atoms with E-state index in [9.17, 15) is 9.59 Å². The highest BCUT2D eigenvalue weighted by Crippen LogP contribution is 2.27. The first kappa shape index (κ1) is 16.4. The lowest BCUT2D eigenvalue weighted by molar-refractivity contribution is -0.120. The fraction of sp³-hybridized carbons (Fsp3) is 0.188. The van der Waals surface area contributed by atoms with Crippen LogP contribution in [0.1, 0.15) is 16.2 Å². The summed E-state index contributed by atoms with van der Waals surface area (Å²) in [6.07, 6.45) is 1.67. The van der Waals surface area contributed by atoms with Gasteiger partial charge in [0.25, 0.3) is 5.91 Å². The molecule has 0 radical (unpaired) electrons. The molecule has 0 atom stereocenters. The van der Waals surface area contributed by atoms with Gasteiger partial charge >= 0.3 is 0 Å². The van der Waals surface area contributed by atoms with Crippen molar-refractivity contribution in [3.8, 4) is 9.88 Å². The van der Waals surface area contributed by atoms with Gasteiger partial charge in [0.15, 0.2) is 5.76 Å². The Morgan fingerprint density at radius 1 is 1.12 bits per heavy atom. The summed E-state index contributed by atoms with van der Waals surface area (Å²) in [5.41, 5.74) is 0.750. The largest absolute Gasteiger partial charge is 0.459 e. The minimum absolute atomic E-state index is 0.120. The molecule has 0 aliphatic rings. The third-order valence-corrected chi connectivity index (χ3v) is 5.03. The zero-order chi connectivity index (χ0) is 16.8. The maximum atomic E-state index is 11.9. The van der Waals surface area contributed by atoms with Gasteiger partial charge in [-0.15, -0.1) is 22.7 Å².